The molecule has 0 fully saturated rings. The molecule has 0 saturated carbocycles. The zero-order valence-electron chi connectivity index (χ0n) is 13.9. The van der Waals surface area contributed by atoms with Gasteiger partial charge < -0.3 is 20.0 Å². The number of nitrogens with one attached hydrogen (secondary N) is 1. The first-order valence-electron chi connectivity index (χ1n) is 7.72. The van der Waals surface area contributed by atoms with E-state index in [-0.39, 0.29) is 11.4 Å². The molecule has 0 spiro atoms. The maximum Gasteiger partial charge on any atom is 0.268 e. The lowest BCUT2D eigenvalue weighted by molar-refractivity contribution is -0.250. The van der Waals surface area contributed by atoms with E-state index in [9.17, 15) is 18.3 Å². The maximum absolute atomic E-state index is 13.1. The first kappa shape index (κ1) is 17.7. The van der Waals surface area contributed by atoms with Crippen LogP contribution >= 0.6 is 0 Å². The quantitative estimate of drug-likeness (QED) is 0.681. The number of carbonyl (C=O) groups is 1. The number of pyridine rings is 1. The highest BCUT2D eigenvalue weighted by Crippen LogP contribution is 2.27. The van der Waals surface area contributed by atoms with E-state index in [0.29, 0.717) is 28.6 Å². The standard InChI is InChI=1S/C17H17N3O5S/c1-25-13-3-2-4-14(9-13)26(23,24)20-11-12(5-8-19-17(21)22)15-6-7-18-10-16(15)20/h2-4,6-7,9-11,19H,5,8H2,1H3,(H,21,22)/p-1. The summed E-state index contributed by atoms with van der Waals surface area (Å²) in [6.07, 6.45) is 3.44. The van der Waals surface area contributed by atoms with Gasteiger partial charge in [0.25, 0.3) is 10.0 Å². The first-order valence-corrected chi connectivity index (χ1v) is 9.16. The predicted octanol–water partition coefficient (Wildman–Crippen LogP) is 0.757. The second kappa shape index (κ2) is 7.04. The van der Waals surface area contributed by atoms with Gasteiger partial charge in [0, 0.05) is 30.4 Å². The van der Waals surface area contributed by atoms with Gasteiger partial charge >= 0.3 is 0 Å². The Balaban J connectivity index is 2.07. The van der Waals surface area contributed by atoms with Crippen LogP contribution in [0.5, 0.6) is 5.75 Å². The molecule has 0 bridgehead atoms. The van der Waals surface area contributed by atoms with E-state index < -0.39 is 16.1 Å². The van der Waals surface area contributed by atoms with Crippen molar-refractivity contribution < 1.29 is 23.1 Å². The number of methoxy groups -OCH3 is 1. The Morgan fingerprint density at radius 3 is 2.88 bits per heavy atom. The van der Waals surface area contributed by atoms with Gasteiger partial charge in [-0.3, -0.25) is 4.98 Å². The lowest BCUT2D eigenvalue weighted by Gasteiger charge is -2.08. The Morgan fingerprint density at radius 1 is 1.35 bits per heavy atom. The molecule has 8 nitrogen and oxygen atoms in total. The summed E-state index contributed by atoms with van der Waals surface area (Å²) in [6.45, 7) is 0.114. The zero-order chi connectivity index (χ0) is 18.7. The molecule has 0 aliphatic carbocycles. The third-order valence-corrected chi connectivity index (χ3v) is 5.59. The number of hydrogen-bond donors (Lipinski definition) is 1. The lowest BCUT2D eigenvalue weighted by Crippen LogP contribution is -2.37. The van der Waals surface area contributed by atoms with Gasteiger partial charge in [-0.15, -0.1) is 0 Å². The Hall–Kier alpha value is -3.07. The summed E-state index contributed by atoms with van der Waals surface area (Å²) >= 11 is 0. The van der Waals surface area contributed by atoms with Crippen LogP contribution in [0.25, 0.3) is 10.9 Å². The van der Waals surface area contributed by atoms with Crippen LogP contribution in [-0.4, -0.2) is 37.1 Å². The van der Waals surface area contributed by atoms with E-state index in [1.165, 1.54) is 31.6 Å². The van der Waals surface area contributed by atoms with Crippen molar-refractivity contribution in [3.8, 4) is 5.75 Å². The van der Waals surface area contributed by atoms with Crippen molar-refractivity contribution in [1.29, 1.82) is 0 Å². The Morgan fingerprint density at radius 2 is 2.15 bits per heavy atom. The number of benzene rings is 1. The molecule has 1 amide bonds. The van der Waals surface area contributed by atoms with E-state index in [4.69, 9.17) is 4.74 Å². The average Bonchev–Trinajstić information content (AvgIpc) is 3.01. The molecule has 3 aromatic rings. The highest BCUT2D eigenvalue weighted by Gasteiger charge is 2.21. The molecule has 1 N–H and O–H groups in total. The molecule has 2 aromatic heterocycles. The second-order valence-corrected chi connectivity index (χ2v) is 7.31. The Labute approximate surface area is 150 Å². The summed E-state index contributed by atoms with van der Waals surface area (Å²) in [5, 5.41) is 13.4. The van der Waals surface area contributed by atoms with Gasteiger partial charge in [-0.25, -0.2) is 12.4 Å². The Bertz CT molecular complexity index is 1060. The molecular formula is C17H16N3O5S-. The summed E-state index contributed by atoms with van der Waals surface area (Å²) in [5.41, 5.74) is 1.10. The van der Waals surface area contributed by atoms with Crippen molar-refractivity contribution in [1.82, 2.24) is 14.3 Å². The van der Waals surface area contributed by atoms with E-state index in [0.717, 1.165) is 3.97 Å². The summed E-state index contributed by atoms with van der Waals surface area (Å²) in [4.78, 5) is 14.6. The number of nitrogens with zero attached hydrogens (tertiary/aromatic N) is 2. The van der Waals surface area contributed by atoms with Crippen LogP contribution < -0.4 is 15.2 Å². The monoisotopic (exact) mass is 374 g/mol. The van der Waals surface area contributed by atoms with E-state index >= 15 is 0 Å². The van der Waals surface area contributed by atoms with Crippen molar-refractivity contribution in [2.45, 2.75) is 11.3 Å². The van der Waals surface area contributed by atoms with Gasteiger partial charge in [-0.05, 0) is 30.2 Å². The number of ether oxygens (including phenoxy) is 1. The molecule has 2 heterocycles. The van der Waals surface area contributed by atoms with Crippen molar-refractivity contribution in [2.24, 2.45) is 0 Å². The van der Waals surface area contributed by atoms with Crippen LogP contribution in [0.3, 0.4) is 0 Å². The molecule has 1 aromatic carbocycles. The first-order chi connectivity index (χ1) is 12.4. The van der Waals surface area contributed by atoms with Crippen molar-refractivity contribution in [2.75, 3.05) is 13.7 Å². The summed E-state index contributed by atoms with van der Waals surface area (Å²) in [6, 6.07) is 7.87. The minimum atomic E-state index is -3.87. The highest BCUT2D eigenvalue weighted by atomic mass is 32.2. The van der Waals surface area contributed by atoms with Crippen molar-refractivity contribution in [3.05, 3.63) is 54.5 Å². The third-order valence-electron chi connectivity index (χ3n) is 3.92. The molecule has 0 aliphatic rings. The number of hydrogen-bond acceptors (Lipinski definition) is 6. The van der Waals surface area contributed by atoms with E-state index in [1.54, 1.807) is 24.4 Å². The minimum Gasteiger partial charge on any atom is -0.530 e. The van der Waals surface area contributed by atoms with Crippen LogP contribution in [0.15, 0.2) is 53.8 Å². The summed E-state index contributed by atoms with van der Waals surface area (Å²) in [5.74, 6) is 0.430. The van der Waals surface area contributed by atoms with E-state index in [2.05, 4.69) is 10.3 Å². The highest BCUT2D eigenvalue weighted by molar-refractivity contribution is 7.90. The molecule has 0 radical (unpaired) electrons. The van der Waals surface area contributed by atoms with Gasteiger partial charge in [0.15, 0.2) is 0 Å². The number of rotatable bonds is 6. The fourth-order valence-corrected chi connectivity index (χ4v) is 4.10. The van der Waals surface area contributed by atoms with Crippen LogP contribution in [0.1, 0.15) is 5.56 Å². The number of fused-ring (bicyclic) bond motifs is 1. The van der Waals surface area contributed by atoms with Gasteiger partial charge in [-0.2, -0.15) is 0 Å². The van der Waals surface area contributed by atoms with Crippen molar-refractivity contribution >= 4 is 27.0 Å². The molecule has 0 atom stereocenters. The number of aromatic nitrogens is 2. The minimum absolute atomic E-state index is 0.0806. The molecule has 0 unspecified atom stereocenters. The lowest BCUT2D eigenvalue weighted by atomic mass is 10.1. The Kier molecular flexibility index (Phi) is 4.81. The summed E-state index contributed by atoms with van der Waals surface area (Å²) < 4.78 is 32.4. The van der Waals surface area contributed by atoms with Crippen LogP contribution in [0, 0.1) is 0 Å². The molecule has 26 heavy (non-hydrogen) atoms. The van der Waals surface area contributed by atoms with Gasteiger partial charge in [0.05, 0.1) is 23.7 Å². The number of carboxylic acid groups (broad SMARTS) is 1. The topological polar surface area (TPSA) is 113 Å². The van der Waals surface area contributed by atoms with E-state index in [1.807, 2.05) is 0 Å². The fourth-order valence-electron chi connectivity index (χ4n) is 2.69. The normalized spacial score (nSPS) is 11.4. The molecule has 136 valence electrons. The van der Waals surface area contributed by atoms with Gasteiger partial charge in [0.1, 0.15) is 11.8 Å². The van der Waals surface area contributed by atoms with Gasteiger partial charge in [-0.1, -0.05) is 6.07 Å². The fraction of sp³-hybridized carbons (Fsp3) is 0.176. The van der Waals surface area contributed by atoms with Crippen LogP contribution in [-0.2, 0) is 16.4 Å². The summed E-state index contributed by atoms with van der Waals surface area (Å²) in [7, 11) is -2.41. The van der Waals surface area contributed by atoms with Gasteiger partial charge in [0.2, 0.25) is 0 Å². The largest absolute Gasteiger partial charge is 0.530 e. The van der Waals surface area contributed by atoms with Crippen LogP contribution in [0.4, 0.5) is 4.79 Å². The molecule has 0 saturated heterocycles. The molecule has 0 aliphatic heterocycles. The number of carbonyl (C=O) groups excluding carboxylic acids is 1. The smallest absolute Gasteiger partial charge is 0.268 e. The molecular weight excluding hydrogens is 358 g/mol. The average molecular weight is 374 g/mol. The molecule has 9 heteroatoms. The third kappa shape index (κ3) is 3.33. The number of amides is 1. The maximum atomic E-state index is 13.1. The predicted molar refractivity (Wildman–Crippen MR) is 92.4 cm³/mol. The van der Waals surface area contributed by atoms with Crippen LogP contribution in [0.2, 0.25) is 0 Å². The molecule has 3 rings (SSSR count). The SMILES string of the molecule is COc1cccc(S(=O)(=O)n2cc(CCNC(=O)[O-])c3ccncc32)c1. The van der Waals surface area contributed by atoms with Crippen molar-refractivity contribution in [3.63, 3.8) is 0 Å². The zero-order valence-corrected chi connectivity index (χ0v) is 14.7. The second-order valence-electron chi connectivity index (χ2n) is 5.49.